The summed E-state index contributed by atoms with van der Waals surface area (Å²) in [4.78, 5) is 27.6. The first-order valence-electron chi connectivity index (χ1n) is 6.72. The lowest BCUT2D eigenvalue weighted by atomic mass is 9.77. The van der Waals surface area contributed by atoms with Gasteiger partial charge in [0.05, 0.1) is 5.69 Å². The van der Waals surface area contributed by atoms with E-state index in [9.17, 15) is 14.0 Å². The first kappa shape index (κ1) is 13.0. The van der Waals surface area contributed by atoms with Crippen molar-refractivity contribution in [3.63, 3.8) is 0 Å². The molecule has 0 saturated carbocycles. The lowest BCUT2D eigenvalue weighted by Gasteiger charge is -2.31. The van der Waals surface area contributed by atoms with E-state index < -0.39 is 0 Å². The van der Waals surface area contributed by atoms with Gasteiger partial charge in [-0.1, -0.05) is 6.07 Å². The van der Waals surface area contributed by atoms with Crippen LogP contribution in [0.2, 0.25) is 0 Å². The molecule has 2 aliphatic rings. The van der Waals surface area contributed by atoms with Gasteiger partial charge in [0.1, 0.15) is 5.82 Å². The summed E-state index contributed by atoms with van der Waals surface area (Å²) in [5, 5.41) is 2.36. The van der Waals surface area contributed by atoms with Crippen LogP contribution in [-0.2, 0) is 16.0 Å². The Morgan fingerprint density at radius 1 is 1.30 bits per heavy atom. The Labute approximate surface area is 116 Å². The van der Waals surface area contributed by atoms with Gasteiger partial charge < -0.3 is 0 Å². The second-order valence-electron chi connectivity index (χ2n) is 5.36. The van der Waals surface area contributed by atoms with Crippen LogP contribution >= 0.6 is 0 Å². The normalized spacial score (nSPS) is 25.8. The van der Waals surface area contributed by atoms with Gasteiger partial charge in [0.2, 0.25) is 11.8 Å². The molecule has 1 saturated heterocycles. The predicted octanol–water partition coefficient (Wildman–Crippen LogP) is 2.14. The van der Waals surface area contributed by atoms with Crippen LogP contribution in [0.5, 0.6) is 0 Å². The average Bonchev–Trinajstić information content (AvgIpc) is 2.39. The molecule has 0 radical (unpaired) electrons. The van der Waals surface area contributed by atoms with E-state index in [1.54, 1.807) is 12.1 Å². The molecule has 0 aromatic heterocycles. The molecule has 2 unspecified atom stereocenters. The monoisotopic (exact) mass is 274 g/mol. The summed E-state index contributed by atoms with van der Waals surface area (Å²) >= 11 is 0. The number of piperidine rings is 1. The van der Waals surface area contributed by atoms with Crippen LogP contribution in [0.4, 0.5) is 10.1 Å². The molecule has 3 rings (SSSR count). The van der Waals surface area contributed by atoms with Gasteiger partial charge in [-0.25, -0.2) is 4.39 Å². The number of hydrogen-bond acceptors (Lipinski definition) is 3. The number of carbonyl (C=O) groups excluding carboxylic acids is 2. The van der Waals surface area contributed by atoms with Crippen molar-refractivity contribution in [3.05, 3.63) is 29.6 Å². The Morgan fingerprint density at radius 2 is 2.10 bits per heavy atom. The lowest BCUT2D eigenvalue weighted by Crippen LogP contribution is -2.46. The van der Waals surface area contributed by atoms with Crippen molar-refractivity contribution in [1.82, 2.24) is 5.32 Å². The number of fused-ring (bicyclic) bond motifs is 1. The molecular formula is C15H15FN2O2. The van der Waals surface area contributed by atoms with E-state index in [0.29, 0.717) is 30.5 Å². The van der Waals surface area contributed by atoms with Gasteiger partial charge in [0.25, 0.3) is 0 Å². The molecule has 20 heavy (non-hydrogen) atoms. The quantitative estimate of drug-likeness (QED) is 0.798. The molecule has 1 aromatic rings. The third kappa shape index (κ3) is 2.13. The topological polar surface area (TPSA) is 58.5 Å². The number of nitrogens with one attached hydrogen (secondary N) is 1. The third-order valence-electron chi connectivity index (χ3n) is 4.12. The maximum Gasteiger partial charge on any atom is 0.230 e. The van der Waals surface area contributed by atoms with E-state index in [-0.39, 0.29) is 29.5 Å². The Morgan fingerprint density at radius 3 is 2.85 bits per heavy atom. The second kappa shape index (κ2) is 4.81. The number of imide groups is 1. The fraction of sp³-hybridized carbons (Fsp3) is 0.400. The summed E-state index contributed by atoms with van der Waals surface area (Å²) in [7, 11) is 0. The zero-order valence-corrected chi connectivity index (χ0v) is 11.1. The standard InChI is InChI=1S/C15H15FN2O2/c1-8-10(9-5-6-14(19)18-15(9)20)7-11-12(16)3-2-4-13(11)17-8/h2-4,9-10H,5-7H2,1H3,(H,18,19,20). The summed E-state index contributed by atoms with van der Waals surface area (Å²) in [5.74, 6) is -1.21. The van der Waals surface area contributed by atoms with Crippen LogP contribution < -0.4 is 5.32 Å². The first-order chi connectivity index (χ1) is 9.56. The fourth-order valence-electron chi connectivity index (χ4n) is 3.02. The number of amides is 2. The number of benzene rings is 1. The summed E-state index contributed by atoms with van der Waals surface area (Å²) in [5.41, 5.74) is 2.04. The molecule has 2 atom stereocenters. The van der Waals surface area contributed by atoms with E-state index in [1.165, 1.54) is 6.07 Å². The Balaban J connectivity index is 1.92. The number of aliphatic imine (C=N–C) groups is 1. The molecule has 0 aliphatic carbocycles. The van der Waals surface area contributed by atoms with E-state index in [1.807, 2.05) is 6.92 Å². The van der Waals surface area contributed by atoms with Crippen molar-refractivity contribution in [3.8, 4) is 0 Å². The van der Waals surface area contributed by atoms with Crippen LogP contribution in [0.15, 0.2) is 23.2 Å². The van der Waals surface area contributed by atoms with Crippen LogP contribution in [0.3, 0.4) is 0 Å². The molecule has 5 heteroatoms. The highest BCUT2D eigenvalue weighted by molar-refractivity contribution is 6.02. The summed E-state index contributed by atoms with van der Waals surface area (Å²) < 4.78 is 13.9. The SMILES string of the molecule is CC1=Nc2cccc(F)c2CC1C1CCC(=O)NC1=O. The van der Waals surface area contributed by atoms with Gasteiger partial charge >= 0.3 is 0 Å². The minimum absolute atomic E-state index is 0.132. The number of nitrogens with zero attached hydrogens (tertiary/aromatic N) is 1. The Kier molecular flexibility index (Phi) is 3.12. The molecule has 4 nitrogen and oxygen atoms in total. The summed E-state index contributed by atoms with van der Waals surface area (Å²) in [6, 6.07) is 4.83. The van der Waals surface area contributed by atoms with Gasteiger partial charge in [-0.15, -0.1) is 0 Å². The summed E-state index contributed by atoms with van der Waals surface area (Å²) in [6.45, 7) is 1.86. The zero-order valence-electron chi connectivity index (χ0n) is 11.1. The third-order valence-corrected chi connectivity index (χ3v) is 4.12. The minimum Gasteiger partial charge on any atom is -0.296 e. The maximum absolute atomic E-state index is 13.9. The van der Waals surface area contributed by atoms with E-state index in [4.69, 9.17) is 0 Å². The Hall–Kier alpha value is -2.04. The minimum atomic E-state index is -0.302. The molecule has 1 aromatic carbocycles. The summed E-state index contributed by atoms with van der Waals surface area (Å²) in [6.07, 6.45) is 1.31. The van der Waals surface area contributed by atoms with Crippen molar-refractivity contribution in [2.75, 3.05) is 0 Å². The highest BCUT2D eigenvalue weighted by Crippen LogP contribution is 2.35. The maximum atomic E-state index is 13.9. The molecule has 1 fully saturated rings. The van der Waals surface area contributed by atoms with Gasteiger partial charge in [-0.05, 0) is 31.9 Å². The largest absolute Gasteiger partial charge is 0.296 e. The van der Waals surface area contributed by atoms with E-state index in [0.717, 1.165) is 5.71 Å². The molecular weight excluding hydrogens is 259 g/mol. The van der Waals surface area contributed by atoms with Crippen molar-refractivity contribution >= 4 is 23.2 Å². The zero-order chi connectivity index (χ0) is 14.3. The predicted molar refractivity (Wildman–Crippen MR) is 72.2 cm³/mol. The molecule has 2 aliphatic heterocycles. The molecule has 0 bridgehead atoms. The van der Waals surface area contributed by atoms with Gasteiger partial charge in [-0.3, -0.25) is 19.9 Å². The second-order valence-corrected chi connectivity index (χ2v) is 5.36. The van der Waals surface area contributed by atoms with E-state index in [2.05, 4.69) is 10.3 Å². The molecule has 2 amide bonds. The van der Waals surface area contributed by atoms with Crippen LogP contribution in [0.1, 0.15) is 25.3 Å². The highest BCUT2D eigenvalue weighted by atomic mass is 19.1. The lowest BCUT2D eigenvalue weighted by molar-refractivity contribution is -0.137. The fourth-order valence-corrected chi connectivity index (χ4v) is 3.02. The van der Waals surface area contributed by atoms with Crippen molar-refractivity contribution in [1.29, 1.82) is 0 Å². The van der Waals surface area contributed by atoms with Crippen LogP contribution in [0, 0.1) is 17.7 Å². The molecule has 0 spiro atoms. The molecule has 1 N–H and O–H groups in total. The smallest absolute Gasteiger partial charge is 0.230 e. The van der Waals surface area contributed by atoms with Crippen molar-refractivity contribution < 1.29 is 14.0 Å². The van der Waals surface area contributed by atoms with Crippen LogP contribution in [0.25, 0.3) is 0 Å². The molecule has 104 valence electrons. The number of halogens is 1. The van der Waals surface area contributed by atoms with Crippen molar-refractivity contribution in [2.45, 2.75) is 26.2 Å². The first-order valence-corrected chi connectivity index (χ1v) is 6.72. The van der Waals surface area contributed by atoms with E-state index >= 15 is 0 Å². The number of carbonyl (C=O) groups is 2. The Bertz CT molecular complexity index is 624. The van der Waals surface area contributed by atoms with Gasteiger partial charge in [-0.2, -0.15) is 0 Å². The van der Waals surface area contributed by atoms with Crippen LogP contribution in [-0.4, -0.2) is 17.5 Å². The van der Waals surface area contributed by atoms with Gasteiger partial charge in [0, 0.05) is 29.5 Å². The van der Waals surface area contributed by atoms with Gasteiger partial charge in [0.15, 0.2) is 0 Å². The highest BCUT2D eigenvalue weighted by Gasteiger charge is 2.37. The average molecular weight is 274 g/mol. The van der Waals surface area contributed by atoms with Crippen molar-refractivity contribution in [2.24, 2.45) is 16.8 Å². The number of hydrogen-bond donors (Lipinski definition) is 1. The number of rotatable bonds is 1. The molecule has 2 heterocycles.